The van der Waals surface area contributed by atoms with Gasteiger partial charge in [0.05, 0.1) is 4.90 Å². The minimum atomic E-state index is -3.46. The second-order valence-electron chi connectivity index (χ2n) is 5.50. The first-order valence-corrected chi connectivity index (χ1v) is 8.87. The molecule has 0 spiro atoms. The molecular weight excluding hydrogens is 272 g/mol. The molecule has 0 amide bonds. The summed E-state index contributed by atoms with van der Waals surface area (Å²) in [7, 11) is -3.46. The van der Waals surface area contributed by atoms with Gasteiger partial charge >= 0.3 is 0 Å². The van der Waals surface area contributed by atoms with E-state index < -0.39 is 10.0 Å². The van der Waals surface area contributed by atoms with Crippen molar-refractivity contribution in [2.45, 2.75) is 50.8 Å². The Labute approximate surface area is 121 Å². The van der Waals surface area contributed by atoms with Gasteiger partial charge in [-0.25, -0.2) is 13.1 Å². The molecule has 20 heavy (non-hydrogen) atoms. The summed E-state index contributed by atoms with van der Waals surface area (Å²) >= 11 is 0. The zero-order valence-corrected chi connectivity index (χ0v) is 13.1. The van der Waals surface area contributed by atoms with Crippen LogP contribution in [0.1, 0.15) is 44.2 Å². The Morgan fingerprint density at radius 2 is 1.95 bits per heavy atom. The third kappa shape index (κ3) is 3.52. The van der Waals surface area contributed by atoms with Gasteiger partial charge < -0.3 is 5.73 Å². The Kier molecular flexibility index (Phi) is 4.70. The summed E-state index contributed by atoms with van der Waals surface area (Å²) < 4.78 is 27.7. The van der Waals surface area contributed by atoms with Crippen molar-refractivity contribution >= 4 is 15.7 Å². The van der Waals surface area contributed by atoms with Crippen LogP contribution < -0.4 is 10.5 Å². The standard InChI is InChI=1S/C15H24N2O2S/c1-3-11-9-14(16)13(4-2)15(10-11)20(18,19)17-8-7-12-5-6-12/h9-10,12,17H,3-8,16H2,1-2H3. The van der Waals surface area contributed by atoms with E-state index >= 15 is 0 Å². The molecule has 0 atom stereocenters. The zero-order valence-electron chi connectivity index (χ0n) is 12.3. The van der Waals surface area contributed by atoms with Gasteiger partial charge in [0, 0.05) is 12.2 Å². The highest BCUT2D eigenvalue weighted by atomic mass is 32.2. The zero-order chi connectivity index (χ0) is 14.8. The van der Waals surface area contributed by atoms with Crippen molar-refractivity contribution in [3.05, 3.63) is 23.3 Å². The molecule has 1 aromatic rings. The van der Waals surface area contributed by atoms with Gasteiger partial charge in [0.25, 0.3) is 0 Å². The van der Waals surface area contributed by atoms with Gasteiger partial charge in [-0.05, 0) is 48.4 Å². The van der Waals surface area contributed by atoms with Crippen molar-refractivity contribution in [2.24, 2.45) is 5.92 Å². The third-order valence-electron chi connectivity index (χ3n) is 3.90. The van der Waals surface area contributed by atoms with E-state index in [2.05, 4.69) is 4.72 Å². The monoisotopic (exact) mass is 296 g/mol. The number of rotatable bonds is 7. The maximum atomic E-state index is 12.5. The topological polar surface area (TPSA) is 72.2 Å². The molecule has 0 bridgehead atoms. The molecule has 3 N–H and O–H groups in total. The lowest BCUT2D eigenvalue weighted by atomic mass is 10.1. The third-order valence-corrected chi connectivity index (χ3v) is 5.42. The van der Waals surface area contributed by atoms with Crippen molar-refractivity contribution in [1.82, 2.24) is 4.72 Å². The van der Waals surface area contributed by atoms with Crippen LogP contribution in [-0.4, -0.2) is 15.0 Å². The van der Waals surface area contributed by atoms with Crippen molar-refractivity contribution in [3.63, 3.8) is 0 Å². The van der Waals surface area contributed by atoms with Crippen molar-refractivity contribution in [2.75, 3.05) is 12.3 Å². The molecule has 1 aromatic carbocycles. The quantitative estimate of drug-likeness (QED) is 0.759. The molecule has 4 nitrogen and oxygen atoms in total. The van der Waals surface area contributed by atoms with Gasteiger partial charge in [-0.2, -0.15) is 0 Å². The highest BCUT2D eigenvalue weighted by Gasteiger charge is 2.23. The van der Waals surface area contributed by atoms with Gasteiger partial charge in [0.1, 0.15) is 0 Å². The summed E-state index contributed by atoms with van der Waals surface area (Å²) in [4.78, 5) is 0.354. The van der Waals surface area contributed by atoms with Crippen molar-refractivity contribution in [3.8, 4) is 0 Å². The molecule has 0 saturated heterocycles. The summed E-state index contributed by atoms with van der Waals surface area (Å²) in [5, 5.41) is 0. The SMILES string of the molecule is CCc1cc(N)c(CC)c(S(=O)(=O)NCCC2CC2)c1. The van der Waals surface area contributed by atoms with Crippen LogP contribution in [0.2, 0.25) is 0 Å². The van der Waals surface area contributed by atoms with Crippen LogP contribution in [0.4, 0.5) is 5.69 Å². The molecular formula is C15H24N2O2S. The number of nitrogen functional groups attached to an aromatic ring is 1. The Hall–Kier alpha value is -1.07. The average Bonchev–Trinajstić information content (AvgIpc) is 3.21. The van der Waals surface area contributed by atoms with E-state index in [9.17, 15) is 8.42 Å². The van der Waals surface area contributed by atoms with Gasteiger partial charge in [-0.3, -0.25) is 0 Å². The molecule has 5 heteroatoms. The van der Waals surface area contributed by atoms with Gasteiger partial charge in [0.2, 0.25) is 10.0 Å². The lowest BCUT2D eigenvalue weighted by molar-refractivity contribution is 0.574. The maximum Gasteiger partial charge on any atom is 0.240 e. The van der Waals surface area contributed by atoms with E-state index in [4.69, 9.17) is 5.73 Å². The van der Waals surface area contributed by atoms with Gasteiger partial charge in [-0.15, -0.1) is 0 Å². The largest absolute Gasteiger partial charge is 0.398 e. The first-order chi connectivity index (χ1) is 9.47. The smallest absolute Gasteiger partial charge is 0.240 e. The molecule has 0 unspecified atom stereocenters. The minimum Gasteiger partial charge on any atom is -0.398 e. The molecule has 1 fully saturated rings. The van der Waals surface area contributed by atoms with E-state index in [1.54, 1.807) is 6.07 Å². The Bertz CT molecular complexity index is 578. The number of benzene rings is 1. The first-order valence-electron chi connectivity index (χ1n) is 7.38. The number of sulfonamides is 1. The predicted octanol–water partition coefficient (Wildman–Crippen LogP) is 2.47. The van der Waals surface area contributed by atoms with E-state index in [1.807, 2.05) is 19.9 Å². The number of anilines is 1. The fourth-order valence-corrected chi connectivity index (χ4v) is 3.87. The van der Waals surface area contributed by atoms with Crippen LogP contribution in [0.15, 0.2) is 17.0 Å². The van der Waals surface area contributed by atoms with Crippen LogP contribution >= 0.6 is 0 Å². The summed E-state index contributed by atoms with van der Waals surface area (Å²) in [6.45, 7) is 4.45. The van der Waals surface area contributed by atoms with Crippen LogP contribution in [0.5, 0.6) is 0 Å². The lowest BCUT2D eigenvalue weighted by Gasteiger charge is -2.14. The van der Waals surface area contributed by atoms with Crippen LogP contribution in [0, 0.1) is 5.92 Å². The molecule has 1 saturated carbocycles. The fraction of sp³-hybridized carbons (Fsp3) is 0.600. The summed E-state index contributed by atoms with van der Waals surface area (Å²) in [5.74, 6) is 0.718. The molecule has 0 radical (unpaired) electrons. The van der Waals surface area contributed by atoms with E-state index in [1.165, 1.54) is 12.8 Å². The molecule has 1 aliphatic rings. The number of nitrogens with two attached hydrogens (primary N) is 1. The van der Waals surface area contributed by atoms with E-state index in [0.717, 1.165) is 29.9 Å². The average molecular weight is 296 g/mol. The normalized spacial score (nSPS) is 15.5. The molecule has 0 heterocycles. The van der Waals surface area contributed by atoms with Gasteiger partial charge in [0.15, 0.2) is 0 Å². The number of hydrogen-bond donors (Lipinski definition) is 2. The van der Waals surface area contributed by atoms with Crippen molar-refractivity contribution in [1.29, 1.82) is 0 Å². The van der Waals surface area contributed by atoms with Crippen LogP contribution in [0.25, 0.3) is 0 Å². The highest BCUT2D eigenvalue weighted by Crippen LogP contribution is 2.32. The Balaban J connectivity index is 2.25. The number of aryl methyl sites for hydroxylation is 1. The Morgan fingerprint density at radius 3 is 2.50 bits per heavy atom. The molecule has 0 aromatic heterocycles. The molecule has 112 valence electrons. The fourth-order valence-electron chi connectivity index (χ4n) is 2.43. The van der Waals surface area contributed by atoms with Crippen molar-refractivity contribution < 1.29 is 8.42 Å². The van der Waals surface area contributed by atoms with Crippen LogP contribution in [0.3, 0.4) is 0 Å². The second-order valence-corrected chi connectivity index (χ2v) is 7.23. The first kappa shape index (κ1) is 15.3. The predicted molar refractivity (Wildman–Crippen MR) is 82.1 cm³/mol. The Morgan fingerprint density at radius 1 is 1.25 bits per heavy atom. The van der Waals surface area contributed by atoms with E-state index in [-0.39, 0.29) is 0 Å². The molecule has 1 aliphatic carbocycles. The maximum absolute atomic E-state index is 12.5. The summed E-state index contributed by atoms with van der Waals surface area (Å²) in [5.41, 5.74) is 8.26. The molecule has 2 rings (SSSR count). The number of hydrogen-bond acceptors (Lipinski definition) is 3. The number of nitrogens with one attached hydrogen (secondary N) is 1. The lowest BCUT2D eigenvalue weighted by Crippen LogP contribution is -2.26. The minimum absolute atomic E-state index is 0.354. The van der Waals surface area contributed by atoms with Gasteiger partial charge in [-0.1, -0.05) is 26.7 Å². The summed E-state index contributed by atoms with van der Waals surface area (Å²) in [6.07, 6.45) is 4.80. The highest BCUT2D eigenvalue weighted by molar-refractivity contribution is 7.89. The summed E-state index contributed by atoms with van der Waals surface area (Å²) in [6, 6.07) is 3.64. The van der Waals surface area contributed by atoms with Crippen LogP contribution in [-0.2, 0) is 22.9 Å². The second kappa shape index (κ2) is 6.14. The van der Waals surface area contributed by atoms with E-state index in [0.29, 0.717) is 23.5 Å². The molecule has 0 aliphatic heterocycles.